The summed E-state index contributed by atoms with van der Waals surface area (Å²) in [5.41, 5.74) is 1.24. The van der Waals surface area contributed by atoms with E-state index in [4.69, 9.17) is 21.5 Å². The number of carbonyl (C=O) groups excluding carboxylic acids is 2. The first-order chi connectivity index (χ1) is 15.7. The Morgan fingerprint density at radius 2 is 2.03 bits per heavy atom. The van der Waals surface area contributed by atoms with Crippen molar-refractivity contribution in [1.29, 1.82) is 0 Å². The van der Waals surface area contributed by atoms with Gasteiger partial charge in [-0.05, 0) is 23.8 Å². The van der Waals surface area contributed by atoms with Crippen molar-refractivity contribution in [2.45, 2.75) is 17.9 Å². The lowest BCUT2D eigenvalue weighted by Crippen LogP contribution is -2.43. The van der Waals surface area contributed by atoms with E-state index in [1.807, 2.05) is 0 Å². The molecule has 4 rings (SSSR count). The van der Waals surface area contributed by atoms with Crippen molar-refractivity contribution in [3.63, 3.8) is 0 Å². The maximum Gasteiger partial charge on any atom is 0.248 e. The lowest BCUT2D eigenvalue weighted by atomic mass is 10.1. The molecule has 0 aliphatic carbocycles. The molecule has 2 heterocycles. The molecule has 1 aliphatic heterocycles. The molecule has 0 unspecified atom stereocenters. The van der Waals surface area contributed by atoms with Gasteiger partial charge in [0, 0.05) is 35.4 Å². The highest BCUT2D eigenvalue weighted by Gasteiger charge is 2.20. The molecular weight excluding hydrogens is 470 g/mol. The highest BCUT2D eigenvalue weighted by atomic mass is 35.5. The fourth-order valence-corrected chi connectivity index (χ4v) is 4.55. The van der Waals surface area contributed by atoms with E-state index >= 15 is 0 Å². The summed E-state index contributed by atoms with van der Waals surface area (Å²) in [7, 11) is -4.09. The quantitative estimate of drug-likeness (QED) is 0.512. The number of ether oxygens (including phenoxy) is 1. The van der Waals surface area contributed by atoms with E-state index in [0.29, 0.717) is 47.7 Å². The molecule has 12 heteroatoms. The van der Waals surface area contributed by atoms with Crippen LogP contribution in [-0.2, 0) is 37.3 Å². The molecular formula is C21H22ClN5O5S. The van der Waals surface area contributed by atoms with E-state index in [0.717, 1.165) is 0 Å². The van der Waals surface area contributed by atoms with Crippen molar-refractivity contribution >= 4 is 50.0 Å². The molecule has 0 atom stereocenters. The number of morpholine rings is 1. The number of rotatable bonds is 7. The smallest absolute Gasteiger partial charge is 0.248 e. The number of anilines is 1. The van der Waals surface area contributed by atoms with Crippen molar-refractivity contribution in [3.05, 3.63) is 53.2 Å². The minimum atomic E-state index is -4.09. The average Bonchev–Trinajstić information content (AvgIpc) is 3.16. The van der Waals surface area contributed by atoms with Crippen LogP contribution in [-0.4, -0.2) is 61.2 Å². The highest BCUT2D eigenvalue weighted by molar-refractivity contribution is 7.89. The minimum absolute atomic E-state index is 0.0183. The van der Waals surface area contributed by atoms with Gasteiger partial charge < -0.3 is 15.0 Å². The number of hydrogen-bond acceptors (Lipinski definition) is 6. The Balaban J connectivity index is 1.57. The van der Waals surface area contributed by atoms with Gasteiger partial charge in [-0.2, -0.15) is 5.10 Å². The van der Waals surface area contributed by atoms with Crippen LogP contribution in [0.15, 0.2) is 47.5 Å². The van der Waals surface area contributed by atoms with Crippen LogP contribution in [0.4, 0.5) is 5.69 Å². The molecule has 1 aliphatic rings. The van der Waals surface area contributed by atoms with Crippen LogP contribution in [0, 0.1) is 0 Å². The van der Waals surface area contributed by atoms with E-state index in [2.05, 4.69) is 10.4 Å². The number of fused-ring (bicyclic) bond motifs is 1. The Hall–Kier alpha value is -2.99. The summed E-state index contributed by atoms with van der Waals surface area (Å²) in [5, 5.41) is 13.3. The van der Waals surface area contributed by atoms with Crippen LogP contribution in [0.3, 0.4) is 0 Å². The fraction of sp³-hybridized carbons (Fsp3) is 0.286. The van der Waals surface area contributed by atoms with Crippen LogP contribution >= 0.6 is 11.6 Å². The van der Waals surface area contributed by atoms with Crippen LogP contribution in [0.5, 0.6) is 0 Å². The second-order valence-electron chi connectivity index (χ2n) is 7.59. The molecule has 1 aromatic heterocycles. The number of halogens is 1. The number of nitrogens with one attached hydrogen (secondary N) is 1. The van der Waals surface area contributed by atoms with E-state index in [1.165, 1.54) is 6.07 Å². The molecule has 0 spiro atoms. The Kier molecular flexibility index (Phi) is 6.66. The molecule has 1 fully saturated rings. The topological polar surface area (TPSA) is 137 Å². The summed E-state index contributed by atoms with van der Waals surface area (Å²) in [4.78, 5) is 25.9. The molecule has 33 heavy (non-hydrogen) atoms. The van der Waals surface area contributed by atoms with Gasteiger partial charge in [0.15, 0.2) is 0 Å². The molecule has 3 N–H and O–H groups in total. The van der Waals surface area contributed by atoms with Crippen molar-refractivity contribution in [3.8, 4) is 0 Å². The number of carbonyl (C=O) groups is 2. The summed E-state index contributed by atoms with van der Waals surface area (Å²) in [6.45, 7) is 1.78. The van der Waals surface area contributed by atoms with Crippen LogP contribution in [0.25, 0.3) is 10.9 Å². The standard InChI is InChI=1S/C21H22ClN5O5S/c22-17-4-2-1-3-14(17)9-20(28)24-15-10-18-16(19(11-15)33(23,30)31)12-27(25-18)6-5-26-7-8-32-13-21(26)29/h1-4,10-12H,5-9,13H2,(H,24,28)(H2,23,30,31). The molecule has 0 saturated carbocycles. The molecule has 1 saturated heterocycles. The third kappa shape index (κ3) is 5.50. The number of benzene rings is 2. The van der Waals surface area contributed by atoms with Crippen LogP contribution in [0.2, 0.25) is 5.02 Å². The molecule has 2 aromatic carbocycles. The van der Waals surface area contributed by atoms with Gasteiger partial charge in [0.1, 0.15) is 6.61 Å². The maximum atomic E-state index is 12.5. The Morgan fingerprint density at radius 1 is 1.24 bits per heavy atom. The SMILES string of the molecule is NS(=O)(=O)c1cc(NC(=O)Cc2ccccc2Cl)cc2nn(CCN3CCOCC3=O)cc12. The monoisotopic (exact) mass is 491 g/mol. The van der Waals surface area contributed by atoms with Gasteiger partial charge in [-0.25, -0.2) is 13.6 Å². The zero-order valence-corrected chi connectivity index (χ0v) is 19.1. The summed E-state index contributed by atoms with van der Waals surface area (Å²) in [6.07, 6.45) is 1.58. The highest BCUT2D eigenvalue weighted by Crippen LogP contribution is 2.27. The summed E-state index contributed by atoms with van der Waals surface area (Å²) in [6, 6.07) is 9.84. The lowest BCUT2D eigenvalue weighted by Gasteiger charge is -2.26. The second kappa shape index (κ2) is 9.48. The third-order valence-corrected chi connectivity index (χ3v) is 6.54. The number of nitrogens with two attached hydrogens (primary N) is 1. The van der Waals surface area contributed by atoms with Gasteiger partial charge >= 0.3 is 0 Å². The number of amides is 2. The Labute approximate surface area is 195 Å². The van der Waals surface area contributed by atoms with E-state index in [1.54, 1.807) is 46.1 Å². The summed E-state index contributed by atoms with van der Waals surface area (Å²) >= 11 is 6.11. The molecule has 2 amide bonds. The van der Waals surface area contributed by atoms with E-state index in [9.17, 15) is 18.0 Å². The summed E-state index contributed by atoms with van der Waals surface area (Å²) in [5.74, 6) is -0.472. The number of aromatic nitrogens is 2. The predicted octanol–water partition coefficient (Wildman–Crippen LogP) is 1.38. The molecule has 3 aromatic rings. The van der Waals surface area contributed by atoms with Gasteiger partial charge in [0.25, 0.3) is 0 Å². The second-order valence-corrected chi connectivity index (χ2v) is 9.53. The van der Waals surface area contributed by atoms with E-state index < -0.39 is 10.0 Å². The normalized spacial score (nSPS) is 14.6. The van der Waals surface area contributed by atoms with Crippen molar-refractivity contribution in [2.75, 3.05) is 31.6 Å². The van der Waals surface area contributed by atoms with Crippen LogP contribution in [0.1, 0.15) is 5.56 Å². The molecule has 0 bridgehead atoms. The Morgan fingerprint density at radius 3 is 2.76 bits per heavy atom. The summed E-state index contributed by atoms with van der Waals surface area (Å²) < 4.78 is 31.1. The van der Waals surface area contributed by atoms with Gasteiger partial charge in [0.05, 0.1) is 30.0 Å². The largest absolute Gasteiger partial charge is 0.370 e. The number of primary sulfonamides is 1. The van der Waals surface area contributed by atoms with Crippen molar-refractivity contribution in [1.82, 2.24) is 14.7 Å². The van der Waals surface area contributed by atoms with E-state index in [-0.39, 0.29) is 35.4 Å². The minimum Gasteiger partial charge on any atom is -0.370 e. The average molecular weight is 492 g/mol. The lowest BCUT2D eigenvalue weighted by molar-refractivity contribution is -0.142. The molecule has 174 valence electrons. The first kappa shape index (κ1) is 23.2. The third-order valence-electron chi connectivity index (χ3n) is 5.22. The van der Waals surface area contributed by atoms with Crippen LogP contribution < -0.4 is 10.5 Å². The zero-order chi connectivity index (χ0) is 23.6. The molecule has 10 nitrogen and oxygen atoms in total. The Bertz CT molecular complexity index is 1320. The van der Waals surface area contributed by atoms with Crippen molar-refractivity contribution in [2.24, 2.45) is 5.14 Å². The number of hydrogen-bond donors (Lipinski definition) is 2. The first-order valence-corrected chi connectivity index (χ1v) is 12.1. The van der Waals surface area contributed by atoms with Gasteiger partial charge in [-0.3, -0.25) is 14.3 Å². The number of nitrogens with zero attached hydrogens (tertiary/aromatic N) is 3. The predicted molar refractivity (Wildman–Crippen MR) is 122 cm³/mol. The van der Waals surface area contributed by atoms with Gasteiger partial charge in [-0.1, -0.05) is 29.8 Å². The van der Waals surface area contributed by atoms with Gasteiger partial charge in [0.2, 0.25) is 21.8 Å². The first-order valence-electron chi connectivity index (χ1n) is 10.1. The fourth-order valence-electron chi connectivity index (χ4n) is 3.59. The van der Waals surface area contributed by atoms with Gasteiger partial charge in [-0.15, -0.1) is 0 Å². The zero-order valence-electron chi connectivity index (χ0n) is 17.5. The number of sulfonamides is 1. The molecule has 0 radical (unpaired) electrons. The van der Waals surface area contributed by atoms with Crippen molar-refractivity contribution < 1.29 is 22.7 Å². The maximum absolute atomic E-state index is 12.5.